The molecule has 0 aromatic heterocycles. The first-order chi connectivity index (χ1) is 8.99. The number of nitrogens with one attached hydrogen (secondary N) is 1. The SMILES string of the molecule is COCC(N)C(=O)Nc1cc(C(=O)OC)ccc1C.Cl. The number of carbonyl (C=O) groups is 2. The standard InChI is InChI=1S/C13H18N2O4.ClH/c1-8-4-5-9(13(17)19-3)6-11(8)15-12(16)10(14)7-18-2;/h4-6,10H,7,14H2,1-3H3,(H,15,16);1H. The lowest BCUT2D eigenvalue weighted by Crippen LogP contribution is -2.39. The molecule has 1 atom stereocenters. The van der Waals surface area contributed by atoms with Gasteiger partial charge in [0.2, 0.25) is 5.91 Å². The van der Waals surface area contributed by atoms with Crippen LogP contribution in [0.3, 0.4) is 0 Å². The van der Waals surface area contributed by atoms with Crippen molar-refractivity contribution in [2.75, 3.05) is 26.1 Å². The number of halogens is 1. The summed E-state index contributed by atoms with van der Waals surface area (Å²) in [4.78, 5) is 23.2. The van der Waals surface area contributed by atoms with Gasteiger partial charge >= 0.3 is 5.97 Å². The fourth-order valence-corrected chi connectivity index (χ4v) is 1.48. The van der Waals surface area contributed by atoms with E-state index in [-0.39, 0.29) is 24.9 Å². The first-order valence-electron chi connectivity index (χ1n) is 5.74. The Labute approximate surface area is 124 Å². The maximum Gasteiger partial charge on any atom is 0.337 e. The molecule has 1 rings (SSSR count). The van der Waals surface area contributed by atoms with Gasteiger partial charge in [-0.15, -0.1) is 12.4 Å². The molecule has 1 aromatic rings. The number of methoxy groups -OCH3 is 2. The topological polar surface area (TPSA) is 90.6 Å². The van der Waals surface area contributed by atoms with Gasteiger partial charge in [-0.05, 0) is 24.6 Å². The number of aryl methyl sites for hydroxylation is 1. The number of carbonyl (C=O) groups excluding carboxylic acids is 2. The number of rotatable bonds is 5. The Kier molecular flexibility index (Phi) is 7.83. The van der Waals surface area contributed by atoms with Crippen molar-refractivity contribution in [1.82, 2.24) is 0 Å². The van der Waals surface area contributed by atoms with E-state index in [2.05, 4.69) is 10.1 Å². The Bertz CT molecular complexity index is 479. The Hall–Kier alpha value is -1.63. The van der Waals surface area contributed by atoms with Crippen LogP contribution in [0.5, 0.6) is 0 Å². The van der Waals surface area contributed by atoms with Crippen molar-refractivity contribution in [2.45, 2.75) is 13.0 Å². The molecule has 0 spiro atoms. The molecular weight excluding hydrogens is 284 g/mol. The van der Waals surface area contributed by atoms with Gasteiger partial charge in [0.05, 0.1) is 19.3 Å². The van der Waals surface area contributed by atoms with Crippen LogP contribution >= 0.6 is 12.4 Å². The van der Waals surface area contributed by atoms with Crippen LogP contribution in [-0.2, 0) is 14.3 Å². The smallest absolute Gasteiger partial charge is 0.337 e. The lowest BCUT2D eigenvalue weighted by molar-refractivity contribution is -0.118. The summed E-state index contributed by atoms with van der Waals surface area (Å²) in [6.45, 7) is 1.94. The Morgan fingerprint density at radius 2 is 2.00 bits per heavy atom. The number of anilines is 1. The van der Waals surface area contributed by atoms with Gasteiger partial charge in [0.25, 0.3) is 0 Å². The zero-order chi connectivity index (χ0) is 14.4. The fraction of sp³-hybridized carbons (Fsp3) is 0.385. The molecule has 0 fully saturated rings. The summed E-state index contributed by atoms with van der Waals surface area (Å²) in [5.74, 6) is -0.830. The molecular formula is C13H19ClN2O4. The van der Waals surface area contributed by atoms with E-state index in [1.54, 1.807) is 18.2 Å². The van der Waals surface area contributed by atoms with E-state index in [0.29, 0.717) is 11.3 Å². The molecule has 1 aromatic carbocycles. The minimum Gasteiger partial charge on any atom is -0.465 e. The molecule has 0 heterocycles. The van der Waals surface area contributed by atoms with E-state index < -0.39 is 12.0 Å². The van der Waals surface area contributed by atoms with Gasteiger partial charge in [-0.2, -0.15) is 0 Å². The van der Waals surface area contributed by atoms with Gasteiger partial charge in [0, 0.05) is 12.8 Å². The van der Waals surface area contributed by atoms with Crippen LogP contribution in [0.15, 0.2) is 18.2 Å². The molecule has 20 heavy (non-hydrogen) atoms. The lowest BCUT2D eigenvalue weighted by atomic mass is 10.1. The maximum atomic E-state index is 11.8. The van der Waals surface area contributed by atoms with E-state index >= 15 is 0 Å². The van der Waals surface area contributed by atoms with Gasteiger partial charge in [-0.3, -0.25) is 4.79 Å². The largest absolute Gasteiger partial charge is 0.465 e. The van der Waals surface area contributed by atoms with E-state index in [9.17, 15) is 9.59 Å². The highest BCUT2D eigenvalue weighted by atomic mass is 35.5. The van der Waals surface area contributed by atoms with Crippen molar-refractivity contribution in [2.24, 2.45) is 5.73 Å². The van der Waals surface area contributed by atoms with E-state index in [0.717, 1.165) is 5.56 Å². The summed E-state index contributed by atoms with van der Waals surface area (Å²) in [5, 5.41) is 2.66. The zero-order valence-corrected chi connectivity index (χ0v) is 12.5. The van der Waals surface area contributed by atoms with E-state index in [4.69, 9.17) is 10.5 Å². The predicted octanol–water partition coefficient (Wildman–Crippen LogP) is 1.12. The summed E-state index contributed by atoms with van der Waals surface area (Å²) < 4.78 is 9.44. The summed E-state index contributed by atoms with van der Waals surface area (Å²) >= 11 is 0. The highest BCUT2D eigenvalue weighted by molar-refractivity contribution is 5.97. The molecule has 1 amide bonds. The van der Waals surface area contributed by atoms with Crippen molar-refractivity contribution >= 4 is 30.0 Å². The normalized spacial score (nSPS) is 11.2. The van der Waals surface area contributed by atoms with Gasteiger partial charge in [0.1, 0.15) is 6.04 Å². The highest BCUT2D eigenvalue weighted by Gasteiger charge is 2.15. The lowest BCUT2D eigenvalue weighted by Gasteiger charge is -2.13. The van der Waals surface area contributed by atoms with Gasteiger partial charge in [0.15, 0.2) is 0 Å². The van der Waals surface area contributed by atoms with Crippen molar-refractivity contribution in [3.8, 4) is 0 Å². The minimum atomic E-state index is -0.758. The number of esters is 1. The fourth-order valence-electron chi connectivity index (χ4n) is 1.48. The van der Waals surface area contributed by atoms with Crippen LogP contribution < -0.4 is 11.1 Å². The second-order valence-corrected chi connectivity index (χ2v) is 4.07. The zero-order valence-electron chi connectivity index (χ0n) is 11.6. The molecule has 7 heteroatoms. The maximum absolute atomic E-state index is 11.8. The van der Waals surface area contributed by atoms with Crippen LogP contribution in [0.25, 0.3) is 0 Å². The van der Waals surface area contributed by atoms with Gasteiger partial charge in [-0.1, -0.05) is 6.07 Å². The number of ether oxygens (including phenoxy) is 2. The number of hydrogen-bond donors (Lipinski definition) is 2. The molecule has 0 saturated carbocycles. The molecule has 6 nitrogen and oxygen atoms in total. The second kappa shape index (κ2) is 8.52. The third-order valence-electron chi connectivity index (χ3n) is 2.60. The average molecular weight is 303 g/mol. The van der Waals surface area contributed by atoms with E-state index in [1.165, 1.54) is 14.2 Å². The van der Waals surface area contributed by atoms with Gasteiger partial charge in [-0.25, -0.2) is 4.79 Å². The number of hydrogen-bond acceptors (Lipinski definition) is 5. The van der Waals surface area contributed by atoms with Crippen LogP contribution in [0, 0.1) is 6.92 Å². The number of benzene rings is 1. The third-order valence-corrected chi connectivity index (χ3v) is 2.60. The monoisotopic (exact) mass is 302 g/mol. The molecule has 0 aliphatic heterocycles. The predicted molar refractivity (Wildman–Crippen MR) is 78.2 cm³/mol. The first-order valence-corrected chi connectivity index (χ1v) is 5.74. The van der Waals surface area contributed by atoms with Crippen molar-refractivity contribution < 1.29 is 19.1 Å². The molecule has 0 bridgehead atoms. The van der Waals surface area contributed by atoms with E-state index in [1.807, 2.05) is 6.92 Å². The number of amides is 1. The minimum absolute atomic E-state index is 0. The Morgan fingerprint density at radius 1 is 1.35 bits per heavy atom. The van der Waals surface area contributed by atoms with Crippen molar-refractivity contribution in [3.05, 3.63) is 29.3 Å². The highest BCUT2D eigenvalue weighted by Crippen LogP contribution is 2.17. The Balaban J connectivity index is 0.00000361. The Morgan fingerprint density at radius 3 is 2.55 bits per heavy atom. The average Bonchev–Trinajstić information content (AvgIpc) is 2.40. The summed E-state index contributed by atoms with van der Waals surface area (Å²) in [5.41, 5.74) is 7.34. The molecule has 3 N–H and O–H groups in total. The number of nitrogens with two attached hydrogens (primary N) is 1. The van der Waals surface area contributed by atoms with Crippen LogP contribution in [-0.4, -0.2) is 38.7 Å². The summed E-state index contributed by atoms with van der Waals surface area (Å²) in [6.07, 6.45) is 0. The molecule has 0 aliphatic carbocycles. The summed E-state index contributed by atoms with van der Waals surface area (Å²) in [7, 11) is 2.77. The van der Waals surface area contributed by atoms with Crippen LogP contribution in [0.4, 0.5) is 5.69 Å². The van der Waals surface area contributed by atoms with Gasteiger partial charge < -0.3 is 20.5 Å². The second-order valence-electron chi connectivity index (χ2n) is 4.07. The van der Waals surface area contributed by atoms with Crippen LogP contribution in [0.2, 0.25) is 0 Å². The third kappa shape index (κ3) is 4.80. The van der Waals surface area contributed by atoms with Crippen molar-refractivity contribution in [1.29, 1.82) is 0 Å². The summed E-state index contributed by atoms with van der Waals surface area (Å²) in [6, 6.07) is 4.15. The molecule has 112 valence electrons. The van der Waals surface area contributed by atoms with Crippen molar-refractivity contribution in [3.63, 3.8) is 0 Å². The molecule has 0 saturated heterocycles. The quantitative estimate of drug-likeness (QED) is 0.795. The first kappa shape index (κ1) is 18.4. The molecule has 1 unspecified atom stereocenters. The van der Waals surface area contributed by atoms with Crippen LogP contribution in [0.1, 0.15) is 15.9 Å². The molecule has 0 aliphatic rings. The molecule has 0 radical (unpaired) electrons.